The Morgan fingerprint density at radius 1 is 1.06 bits per heavy atom. The largest absolute Gasteiger partial charge is 0.352 e. The molecule has 0 aromatic heterocycles. The molecule has 36 heavy (non-hydrogen) atoms. The van der Waals surface area contributed by atoms with Crippen molar-refractivity contribution >= 4 is 39.1 Å². The van der Waals surface area contributed by atoms with Crippen LogP contribution in [-0.4, -0.2) is 50.0 Å². The number of aryl methyl sites for hydroxylation is 1. The fourth-order valence-corrected chi connectivity index (χ4v) is 5.65. The summed E-state index contributed by atoms with van der Waals surface area (Å²) in [6.45, 7) is 3.55. The number of halogens is 1. The van der Waals surface area contributed by atoms with E-state index in [9.17, 15) is 18.0 Å². The summed E-state index contributed by atoms with van der Waals surface area (Å²) in [5.74, 6) is -0.684. The fraction of sp³-hybridized carbons (Fsp3) is 0.481. The van der Waals surface area contributed by atoms with Crippen LogP contribution in [0.4, 0.5) is 5.69 Å². The zero-order chi connectivity index (χ0) is 26.3. The van der Waals surface area contributed by atoms with Gasteiger partial charge < -0.3 is 10.2 Å². The summed E-state index contributed by atoms with van der Waals surface area (Å²) in [7, 11) is -3.76. The number of amides is 2. The third kappa shape index (κ3) is 7.23. The van der Waals surface area contributed by atoms with Crippen molar-refractivity contribution in [1.29, 1.82) is 0 Å². The molecule has 1 aliphatic carbocycles. The second-order valence-electron chi connectivity index (χ2n) is 9.32. The standard InChI is InChI=1S/C27H36ClN3O4S/c1-4-20-14-16-23(17-15-20)31(36(3,34)35)19-26(32)30(18-21-10-6-9-13-24(21)28)25(5-2)27(33)29-22-11-7-8-12-22/h6,9-10,13-17,22,25H,4-5,7-8,11-12,18-19H2,1-3H3,(H,29,33). The summed E-state index contributed by atoms with van der Waals surface area (Å²) in [5.41, 5.74) is 2.16. The Morgan fingerprint density at radius 3 is 2.25 bits per heavy atom. The number of nitrogens with one attached hydrogen (secondary N) is 1. The molecule has 1 fully saturated rings. The zero-order valence-electron chi connectivity index (χ0n) is 21.2. The molecule has 0 heterocycles. The van der Waals surface area contributed by atoms with Gasteiger partial charge in [0.25, 0.3) is 0 Å². The number of rotatable bonds is 11. The number of sulfonamides is 1. The van der Waals surface area contributed by atoms with Gasteiger partial charge in [-0.25, -0.2) is 8.42 Å². The molecule has 0 aliphatic heterocycles. The first kappa shape index (κ1) is 28.0. The van der Waals surface area contributed by atoms with Crippen LogP contribution in [0.5, 0.6) is 0 Å². The lowest BCUT2D eigenvalue weighted by molar-refractivity contribution is -0.140. The van der Waals surface area contributed by atoms with E-state index in [1.54, 1.807) is 24.3 Å². The number of benzene rings is 2. The maximum Gasteiger partial charge on any atom is 0.244 e. The third-order valence-corrected chi connectivity index (χ3v) is 8.21. The second kappa shape index (κ2) is 12.6. The molecule has 2 amide bonds. The molecule has 0 bridgehead atoms. The number of carbonyl (C=O) groups is 2. The lowest BCUT2D eigenvalue weighted by atomic mass is 10.1. The van der Waals surface area contributed by atoms with E-state index < -0.39 is 28.5 Å². The number of hydrogen-bond acceptors (Lipinski definition) is 4. The number of hydrogen-bond donors (Lipinski definition) is 1. The normalized spacial score (nSPS) is 14.9. The van der Waals surface area contributed by atoms with Gasteiger partial charge in [-0.2, -0.15) is 0 Å². The van der Waals surface area contributed by atoms with Crippen LogP contribution in [0.25, 0.3) is 0 Å². The van der Waals surface area contributed by atoms with Gasteiger partial charge in [-0.05, 0) is 55.0 Å². The Labute approximate surface area is 219 Å². The highest BCUT2D eigenvalue weighted by Crippen LogP contribution is 2.24. The molecule has 1 unspecified atom stereocenters. The monoisotopic (exact) mass is 533 g/mol. The van der Waals surface area contributed by atoms with E-state index in [-0.39, 0.29) is 18.5 Å². The molecule has 2 aromatic carbocycles. The highest BCUT2D eigenvalue weighted by molar-refractivity contribution is 7.92. The molecule has 0 saturated heterocycles. The van der Waals surface area contributed by atoms with E-state index in [2.05, 4.69) is 5.32 Å². The number of anilines is 1. The van der Waals surface area contributed by atoms with Gasteiger partial charge in [-0.1, -0.05) is 68.6 Å². The minimum atomic E-state index is -3.76. The zero-order valence-corrected chi connectivity index (χ0v) is 22.8. The van der Waals surface area contributed by atoms with Crippen LogP contribution in [0.1, 0.15) is 57.1 Å². The molecule has 1 aliphatic rings. The van der Waals surface area contributed by atoms with E-state index >= 15 is 0 Å². The summed E-state index contributed by atoms with van der Waals surface area (Å²) in [5, 5.41) is 3.58. The topological polar surface area (TPSA) is 86.8 Å². The Balaban J connectivity index is 1.92. The minimum Gasteiger partial charge on any atom is -0.352 e. The SMILES string of the molecule is CCc1ccc(N(CC(=O)N(Cc2ccccc2Cl)C(CC)C(=O)NC2CCCC2)S(C)(=O)=O)cc1. The lowest BCUT2D eigenvalue weighted by Gasteiger charge is -2.33. The van der Waals surface area contributed by atoms with Crippen molar-refractivity contribution < 1.29 is 18.0 Å². The van der Waals surface area contributed by atoms with Gasteiger partial charge in [0.15, 0.2) is 0 Å². The fourth-order valence-electron chi connectivity index (χ4n) is 4.61. The van der Waals surface area contributed by atoms with Crippen LogP contribution in [0.3, 0.4) is 0 Å². The summed E-state index contributed by atoms with van der Waals surface area (Å²) in [4.78, 5) is 28.5. The first-order chi connectivity index (χ1) is 17.1. The van der Waals surface area contributed by atoms with Gasteiger partial charge in [0.2, 0.25) is 21.8 Å². The van der Waals surface area contributed by atoms with Crippen LogP contribution in [-0.2, 0) is 32.6 Å². The lowest BCUT2D eigenvalue weighted by Crippen LogP contribution is -2.53. The third-order valence-electron chi connectivity index (χ3n) is 6.70. The average molecular weight is 534 g/mol. The van der Waals surface area contributed by atoms with Crippen LogP contribution in [0, 0.1) is 0 Å². The number of carbonyl (C=O) groups excluding carboxylic acids is 2. The van der Waals surface area contributed by atoms with Crippen LogP contribution in [0.15, 0.2) is 48.5 Å². The predicted molar refractivity (Wildman–Crippen MR) is 144 cm³/mol. The first-order valence-electron chi connectivity index (χ1n) is 12.5. The van der Waals surface area contributed by atoms with Crippen LogP contribution < -0.4 is 9.62 Å². The molecule has 0 spiro atoms. The highest BCUT2D eigenvalue weighted by atomic mass is 35.5. The smallest absolute Gasteiger partial charge is 0.244 e. The van der Waals surface area contributed by atoms with Crippen molar-refractivity contribution in [2.45, 2.75) is 71.0 Å². The van der Waals surface area contributed by atoms with E-state index in [1.165, 1.54) is 4.90 Å². The highest BCUT2D eigenvalue weighted by Gasteiger charge is 2.33. The molecule has 1 atom stereocenters. The van der Waals surface area contributed by atoms with Gasteiger partial charge >= 0.3 is 0 Å². The maximum atomic E-state index is 13.8. The quantitative estimate of drug-likeness (QED) is 0.459. The molecule has 7 nitrogen and oxygen atoms in total. The summed E-state index contributed by atoms with van der Waals surface area (Å²) >= 11 is 6.40. The molecule has 0 radical (unpaired) electrons. The van der Waals surface area contributed by atoms with Gasteiger partial charge in [0, 0.05) is 17.6 Å². The molecular weight excluding hydrogens is 498 g/mol. The molecule has 1 saturated carbocycles. The molecule has 196 valence electrons. The molecule has 9 heteroatoms. The molecule has 2 aromatic rings. The van der Waals surface area contributed by atoms with E-state index in [4.69, 9.17) is 11.6 Å². The van der Waals surface area contributed by atoms with Crippen molar-refractivity contribution in [3.05, 3.63) is 64.7 Å². The van der Waals surface area contributed by atoms with Gasteiger partial charge in [-0.15, -0.1) is 0 Å². The van der Waals surface area contributed by atoms with Crippen LogP contribution >= 0.6 is 11.6 Å². The van der Waals surface area contributed by atoms with Gasteiger partial charge in [0.05, 0.1) is 11.9 Å². The van der Waals surface area contributed by atoms with Gasteiger partial charge in [0.1, 0.15) is 12.6 Å². The van der Waals surface area contributed by atoms with Crippen molar-refractivity contribution in [3.8, 4) is 0 Å². The van der Waals surface area contributed by atoms with Crippen molar-refractivity contribution in [1.82, 2.24) is 10.2 Å². The van der Waals surface area contributed by atoms with Crippen molar-refractivity contribution in [2.75, 3.05) is 17.1 Å². The van der Waals surface area contributed by atoms with E-state index in [1.807, 2.05) is 38.1 Å². The maximum absolute atomic E-state index is 13.8. The summed E-state index contributed by atoms with van der Waals surface area (Å²) < 4.78 is 26.5. The molecule has 3 rings (SSSR count). The summed E-state index contributed by atoms with van der Waals surface area (Å²) in [6, 6.07) is 13.6. The minimum absolute atomic E-state index is 0.0987. The van der Waals surface area contributed by atoms with E-state index in [0.29, 0.717) is 22.7 Å². The Hall–Kier alpha value is -2.58. The Kier molecular flexibility index (Phi) is 9.79. The predicted octanol–water partition coefficient (Wildman–Crippen LogP) is 4.53. The second-order valence-corrected chi connectivity index (χ2v) is 11.6. The Bertz CT molecular complexity index is 1150. The Morgan fingerprint density at radius 2 is 1.69 bits per heavy atom. The number of nitrogens with zero attached hydrogens (tertiary/aromatic N) is 2. The van der Waals surface area contributed by atoms with Crippen molar-refractivity contribution in [2.24, 2.45) is 0 Å². The van der Waals surface area contributed by atoms with Crippen LogP contribution in [0.2, 0.25) is 5.02 Å². The summed E-state index contributed by atoms with van der Waals surface area (Å²) in [6.07, 6.45) is 6.29. The first-order valence-corrected chi connectivity index (χ1v) is 14.8. The molecule has 1 N–H and O–H groups in total. The average Bonchev–Trinajstić information content (AvgIpc) is 3.36. The van der Waals surface area contributed by atoms with Crippen molar-refractivity contribution in [3.63, 3.8) is 0 Å². The van der Waals surface area contributed by atoms with Gasteiger partial charge in [-0.3, -0.25) is 13.9 Å². The molecular formula is C27H36ClN3O4S. The van der Waals surface area contributed by atoms with E-state index in [0.717, 1.165) is 48.2 Å².